The summed E-state index contributed by atoms with van der Waals surface area (Å²) in [7, 11) is 0. The molecule has 1 heterocycles. The molecule has 2 N–H and O–H groups in total. The van der Waals surface area contributed by atoms with Crippen molar-refractivity contribution >= 4 is 23.4 Å². The van der Waals surface area contributed by atoms with Crippen molar-refractivity contribution in [3.8, 4) is 0 Å². The predicted octanol–water partition coefficient (Wildman–Crippen LogP) is 1.14. The van der Waals surface area contributed by atoms with E-state index in [1.54, 1.807) is 12.1 Å². The van der Waals surface area contributed by atoms with Gasteiger partial charge in [-0.2, -0.15) is 0 Å². The van der Waals surface area contributed by atoms with Crippen LogP contribution >= 0.6 is 11.6 Å². The lowest BCUT2D eigenvalue weighted by Gasteiger charge is -2.14. The molecule has 4 nitrogen and oxygen atoms in total. The molecule has 0 aromatic heterocycles. The number of nitrogens with two attached hydrogens (primary N) is 1. The molecule has 1 fully saturated rings. The first kappa shape index (κ1) is 11.9. The van der Waals surface area contributed by atoms with Crippen molar-refractivity contribution in [3.63, 3.8) is 0 Å². The third-order valence-corrected chi connectivity index (χ3v) is 3.15. The van der Waals surface area contributed by atoms with Gasteiger partial charge in [-0.05, 0) is 17.7 Å². The van der Waals surface area contributed by atoms with Gasteiger partial charge in [0.1, 0.15) is 0 Å². The second-order valence-electron chi connectivity index (χ2n) is 4.19. The van der Waals surface area contributed by atoms with Crippen LogP contribution in [0.1, 0.15) is 17.9 Å². The number of amides is 2. The summed E-state index contributed by atoms with van der Waals surface area (Å²) < 4.78 is 0. The number of carbonyl (C=O) groups is 2. The summed E-state index contributed by atoms with van der Waals surface area (Å²) in [6.45, 7) is 0.548. The van der Waals surface area contributed by atoms with Crippen LogP contribution in [0.5, 0.6) is 0 Å². The Balaban J connectivity index is 2.08. The molecular formula is C12H13ClN2O2. The molecule has 0 spiro atoms. The van der Waals surface area contributed by atoms with Crippen molar-refractivity contribution in [1.29, 1.82) is 0 Å². The quantitative estimate of drug-likeness (QED) is 0.877. The molecule has 0 aliphatic carbocycles. The van der Waals surface area contributed by atoms with Crippen LogP contribution in [-0.2, 0) is 9.59 Å². The van der Waals surface area contributed by atoms with E-state index >= 15 is 0 Å². The number of halogens is 1. The van der Waals surface area contributed by atoms with Crippen molar-refractivity contribution in [2.45, 2.75) is 12.3 Å². The molecule has 1 unspecified atom stereocenters. The van der Waals surface area contributed by atoms with Gasteiger partial charge in [0.05, 0.1) is 6.54 Å². The normalized spacial score (nSPS) is 19.7. The highest BCUT2D eigenvalue weighted by Crippen LogP contribution is 2.28. The summed E-state index contributed by atoms with van der Waals surface area (Å²) in [6, 6.07) is 7.43. The maximum Gasteiger partial charge on any atom is 0.237 e. The summed E-state index contributed by atoms with van der Waals surface area (Å²) in [5.41, 5.74) is 6.15. The number of carbonyl (C=O) groups excluding carboxylic acids is 2. The van der Waals surface area contributed by atoms with Crippen molar-refractivity contribution < 1.29 is 9.59 Å². The number of hydrogen-bond donors (Lipinski definition) is 1. The van der Waals surface area contributed by atoms with Crippen molar-refractivity contribution in [1.82, 2.24) is 4.90 Å². The summed E-state index contributed by atoms with van der Waals surface area (Å²) >= 11 is 5.81. The fourth-order valence-corrected chi connectivity index (χ4v) is 2.20. The molecule has 1 aliphatic heterocycles. The Labute approximate surface area is 104 Å². The maximum absolute atomic E-state index is 11.7. The van der Waals surface area contributed by atoms with E-state index in [1.165, 1.54) is 4.90 Å². The van der Waals surface area contributed by atoms with E-state index < -0.39 is 5.91 Å². The minimum absolute atomic E-state index is 0.00290. The first-order chi connectivity index (χ1) is 8.06. The van der Waals surface area contributed by atoms with Gasteiger partial charge in [0.15, 0.2) is 0 Å². The molecule has 0 saturated carbocycles. The fourth-order valence-electron chi connectivity index (χ4n) is 2.07. The summed E-state index contributed by atoms with van der Waals surface area (Å²) in [5, 5.41) is 0.673. The molecule has 90 valence electrons. The Morgan fingerprint density at radius 1 is 1.41 bits per heavy atom. The van der Waals surface area contributed by atoms with Crippen LogP contribution < -0.4 is 5.73 Å². The average Bonchev–Trinajstić information content (AvgIpc) is 2.60. The van der Waals surface area contributed by atoms with E-state index in [1.807, 2.05) is 12.1 Å². The van der Waals surface area contributed by atoms with Crippen LogP contribution in [0, 0.1) is 0 Å². The van der Waals surface area contributed by atoms with Crippen LogP contribution in [0.4, 0.5) is 0 Å². The average molecular weight is 253 g/mol. The van der Waals surface area contributed by atoms with Crippen molar-refractivity contribution in [2.24, 2.45) is 5.73 Å². The Bertz CT molecular complexity index is 444. The molecule has 5 heteroatoms. The Morgan fingerprint density at radius 3 is 2.65 bits per heavy atom. The zero-order valence-electron chi connectivity index (χ0n) is 9.23. The predicted molar refractivity (Wildman–Crippen MR) is 64.6 cm³/mol. The Kier molecular flexibility index (Phi) is 3.33. The summed E-state index contributed by atoms with van der Waals surface area (Å²) in [4.78, 5) is 24.0. The minimum Gasteiger partial charge on any atom is -0.368 e. The van der Waals surface area contributed by atoms with E-state index in [0.717, 1.165) is 5.56 Å². The van der Waals surface area contributed by atoms with E-state index in [-0.39, 0.29) is 18.4 Å². The molecule has 1 aromatic carbocycles. The number of nitrogens with zero attached hydrogens (tertiary/aromatic N) is 1. The summed E-state index contributed by atoms with van der Waals surface area (Å²) in [5.74, 6) is -0.377. The molecular weight excluding hydrogens is 240 g/mol. The number of benzene rings is 1. The highest BCUT2D eigenvalue weighted by Gasteiger charge is 2.31. The van der Waals surface area contributed by atoms with Gasteiger partial charge >= 0.3 is 0 Å². The Hall–Kier alpha value is -1.55. The van der Waals surface area contributed by atoms with Gasteiger partial charge in [0.25, 0.3) is 0 Å². The summed E-state index contributed by atoms with van der Waals surface area (Å²) in [6.07, 6.45) is 0.426. The monoisotopic (exact) mass is 252 g/mol. The third kappa shape index (κ3) is 2.77. The van der Waals surface area contributed by atoms with Gasteiger partial charge in [-0.1, -0.05) is 23.7 Å². The van der Waals surface area contributed by atoms with Gasteiger partial charge in [0.2, 0.25) is 11.8 Å². The molecule has 0 radical (unpaired) electrons. The third-order valence-electron chi connectivity index (χ3n) is 2.90. The fraction of sp³-hybridized carbons (Fsp3) is 0.333. The van der Waals surface area contributed by atoms with Gasteiger partial charge in [-0.3, -0.25) is 9.59 Å². The number of primary amides is 1. The van der Waals surface area contributed by atoms with Crippen LogP contribution in [0.15, 0.2) is 24.3 Å². The molecule has 1 aliphatic rings. The topological polar surface area (TPSA) is 63.4 Å². The van der Waals surface area contributed by atoms with E-state index in [0.29, 0.717) is 18.0 Å². The van der Waals surface area contributed by atoms with Gasteiger partial charge < -0.3 is 10.6 Å². The zero-order chi connectivity index (χ0) is 12.4. The first-order valence-electron chi connectivity index (χ1n) is 5.38. The van der Waals surface area contributed by atoms with E-state index in [2.05, 4.69) is 0 Å². The van der Waals surface area contributed by atoms with Crippen LogP contribution in [0.25, 0.3) is 0 Å². The SMILES string of the molecule is NC(=O)CN1CC(c2ccc(Cl)cc2)CC1=O. The standard InChI is InChI=1S/C12H13ClN2O2/c13-10-3-1-8(2-4-10)9-5-12(17)15(6-9)7-11(14)16/h1-4,9H,5-7H2,(H2,14,16). The second kappa shape index (κ2) is 4.75. The molecule has 1 saturated heterocycles. The highest BCUT2D eigenvalue weighted by atomic mass is 35.5. The molecule has 2 rings (SSSR count). The number of likely N-dealkylation sites (tertiary alicyclic amines) is 1. The number of hydrogen-bond acceptors (Lipinski definition) is 2. The molecule has 1 aromatic rings. The smallest absolute Gasteiger partial charge is 0.237 e. The van der Waals surface area contributed by atoms with Crippen LogP contribution in [0.3, 0.4) is 0 Å². The van der Waals surface area contributed by atoms with Crippen molar-refractivity contribution in [2.75, 3.05) is 13.1 Å². The zero-order valence-corrected chi connectivity index (χ0v) is 9.98. The second-order valence-corrected chi connectivity index (χ2v) is 4.63. The maximum atomic E-state index is 11.7. The highest BCUT2D eigenvalue weighted by molar-refractivity contribution is 6.30. The Morgan fingerprint density at radius 2 is 2.06 bits per heavy atom. The molecule has 17 heavy (non-hydrogen) atoms. The molecule has 0 bridgehead atoms. The largest absolute Gasteiger partial charge is 0.368 e. The van der Waals surface area contributed by atoms with Crippen LogP contribution in [-0.4, -0.2) is 29.8 Å². The number of rotatable bonds is 3. The first-order valence-corrected chi connectivity index (χ1v) is 5.75. The van der Waals surface area contributed by atoms with Gasteiger partial charge in [-0.15, -0.1) is 0 Å². The lowest BCUT2D eigenvalue weighted by Crippen LogP contribution is -2.34. The van der Waals surface area contributed by atoms with Gasteiger partial charge in [-0.25, -0.2) is 0 Å². The molecule has 2 amide bonds. The lowest BCUT2D eigenvalue weighted by molar-refractivity contribution is -0.132. The van der Waals surface area contributed by atoms with Gasteiger partial charge in [0, 0.05) is 23.9 Å². The van der Waals surface area contributed by atoms with E-state index in [4.69, 9.17) is 17.3 Å². The van der Waals surface area contributed by atoms with Crippen molar-refractivity contribution in [3.05, 3.63) is 34.9 Å². The van der Waals surface area contributed by atoms with E-state index in [9.17, 15) is 9.59 Å². The molecule has 1 atom stereocenters. The van der Waals surface area contributed by atoms with Crippen LogP contribution in [0.2, 0.25) is 5.02 Å². The minimum atomic E-state index is -0.477. The lowest BCUT2D eigenvalue weighted by atomic mass is 9.98.